The molecule has 2 aromatic rings. The number of carbonyl (C=O) groups excluding carboxylic acids is 1. The summed E-state index contributed by atoms with van der Waals surface area (Å²) in [6.07, 6.45) is 2.47. The van der Waals surface area contributed by atoms with Crippen LogP contribution in [0.2, 0.25) is 5.02 Å². The maximum Gasteiger partial charge on any atom is 0.246 e. The van der Waals surface area contributed by atoms with Crippen LogP contribution in [-0.4, -0.2) is 20.9 Å². The molecular formula is C14H18ClN5O. The van der Waals surface area contributed by atoms with E-state index in [2.05, 4.69) is 15.6 Å². The molecule has 0 aliphatic rings. The summed E-state index contributed by atoms with van der Waals surface area (Å²) in [5.74, 6) is -0.179. The van der Waals surface area contributed by atoms with Crippen LogP contribution < -0.4 is 11.1 Å². The average Bonchev–Trinajstić information content (AvgIpc) is 2.89. The summed E-state index contributed by atoms with van der Waals surface area (Å²) in [4.78, 5) is 12.0. The Morgan fingerprint density at radius 3 is 2.95 bits per heavy atom. The molecule has 0 fully saturated rings. The zero-order chi connectivity index (χ0) is 15.4. The zero-order valence-corrected chi connectivity index (χ0v) is 12.8. The summed E-state index contributed by atoms with van der Waals surface area (Å²) < 4.78 is 1.48. The Kier molecular flexibility index (Phi) is 4.93. The van der Waals surface area contributed by atoms with Crippen molar-refractivity contribution in [3.63, 3.8) is 0 Å². The van der Waals surface area contributed by atoms with Gasteiger partial charge in [0.2, 0.25) is 5.91 Å². The summed E-state index contributed by atoms with van der Waals surface area (Å²) in [6.45, 7) is 3.94. The molecule has 1 atom stereocenters. The van der Waals surface area contributed by atoms with Crippen LogP contribution in [0.5, 0.6) is 0 Å². The minimum Gasteiger partial charge on any atom is -0.324 e. The van der Waals surface area contributed by atoms with Gasteiger partial charge in [-0.2, -0.15) is 0 Å². The monoisotopic (exact) mass is 307 g/mol. The second-order valence-corrected chi connectivity index (χ2v) is 5.30. The Morgan fingerprint density at radius 2 is 2.29 bits per heavy atom. The molecule has 2 rings (SSSR count). The van der Waals surface area contributed by atoms with Crippen LogP contribution in [0.1, 0.15) is 30.6 Å². The molecule has 1 amide bonds. The molecule has 21 heavy (non-hydrogen) atoms. The van der Waals surface area contributed by atoms with Crippen molar-refractivity contribution in [1.29, 1.82) is 0 Å². The van der Waals surface area contributed by atoms with Crippen LogP contribution in [0.25, 0.3) is 0 Å². The minimum atomic E-state index is -0.179. The number of nitrogens with one attached hydrogen (secondary N) is 1. The van der Waals surface area contributed by atoms with E-state index in [-0.39, 0.29) is 18.5 Å². The molecule has 0 aliphatic heterocycles. The van der Waals surface area contributed by atoms with Gasteiger partial charge in [0.05, 0.1) is 17.9 Å². The van der Waals surface area contributed by atoms with Gasteiger partial charge in [-0.1, -0.05) is 23.7 Å². The van der Waals surface area contributed by atoms with Crippen molar-refractivity contribution in [2.45, 2.75) is 32.9 Å². The molecule has 6 nitrogen and oxygen atoms in total. The number of hydrogen-bond acceptors (Lipinski definition) is 4. The first-order valence-corrected chi connectivity index (χ1v) is 7.09. The van der Waals surface area contributed by atoms with Gasteiger partial charge in [0, 0.05) is 10.7 Å². The Labute approximate surface area is 128 Å². The van der Waals surface area contributed by atoms with Crippen LogP contribution in [0.3, 0.4) is 0 Å². The molecule has 0 saturated carbocycles. The fourth-order valence-corrected chi connectivity index (χ4v) is 2.10. The Hall–Kier alpha value is -1.92. The molecule has 7 heteroatoms. The predicted molar refractivity (Wildman–Crippen MR) is 82.1 cm³/mol. The van der Waals surface area contributed by atoms with Crippen molar-refractivity contribution in [1.82, 2.24) is 15.0 Å². The molecular weight excluding hydrogens is 290 g/mol. The number of hydrogen-bond donors (Lipinski definition) is 2. The highest BCUT2D eigenvalue weighted by Gasteiger charge is 2.11. The molecule has 0 aliphatic carbocycles. The summed E-state index contributed by atoms with van der Waals surface area (Å²) >= 11 is 5.88. The minimum absolute atomic E-state index is 0.0888. The standard InChI is InChI=1S/C14H18ClN5O/c1-3-11(16)13-7-20(19-18-13)8-14(21)17-12-5-4-10(15)6-9(12)2/h4-7,11H,3,8,16H2,1-2H3,(H,17,21). The van der Waals surface area contributed by atoms with Gasteiger partial charge < -0.3 is 11.1 Å². The molecule has 0 spiro atoms. The molecule has 3 N–H and O–H groups in total. The van der Waals surface area contributed by atoms with Gasteiger partial charge in [-0.05, 0) is 37.1 Å². The van der Waals surface area contributed by atoms with Crippen LogP contribution in [-0.2, 0) is 11.3 Å². The maximum atomic E-state index is 12.0. The van der Waals surface area contributed by atoms with E-state index in [9.17, 15) is 4.79 Å². The van der Waals surface area contributed by atoms with Crippen molar-refractivity contribution in [3.05, 3.63) is 40.7 Å². The molecule has 1 unspecified atom stereocenters. The number of aromatic nitrogens is 3. The summed E-state index contributed by atoms with van der Waals surface area (Å²) in [5.41, 5.74) is 8.19. The smallest absolute Gasteiger partial charge is 0.246 e. The first kappa shape index (κ1) is 15.5. The number of nitrogens with two attached hydrogens (primary N) is 1. The number of aryl methyl sites for hydroxylation is 1. The van der Waals surface area contributed by atoms with E-state index < -0.39 is 0 Å². The topological polar surface area (TPSA) is 85.8 Å². The average molecular weight is 308 g/mol. The molecule has 0 saturated heterocycles. The van der Waals surface area contributed by atoms with Gasteiger partial charge in [0.25, 0.3) is 0 Å². The third-order valence-corrected chi connectivity index (χ3v) is 3.38. The van der Waals surface area contributed by atoms with Crippen molar-refractivity contribution < 1.29 is 4.79 Å². The molecule has 112 valence electrons. The molecule has 0 bridgehead atoms. The van der Waals surface area contributed by atoms with Gasteiger partial charge in [-0.25, -0.2) is 4.68 Å². The molecule has 0 radical (unpaired) electrons. The van der Waals surface area contributed by atoms with Crippen molar-refractivity contribution in [3.8, 4) is 0 Å². The van der Waals surface area contributed by atoms with Gasteiger partial charge in [0.15, 0.2) is 0 Å². The third kappa shape index (κ3) is 4.03. The second-order valence-electron chi connectivity index (χ2n) is 4.86. The molecule has 1 heterocycles. The number of rotatable bonds is 5. The maximum absolute atomic E-state index is 12.0. The van der Waals surface area contributed by atoms with Gasteiger partial charge in [-0.15, -0.1) is 5.10 Å². The highest BCUT2D eigenvalue weighted by atomic mass is 35.5. The lowest BCUT2D eigenvalue weighted by molar-refractivity contribution is -0.116. The highest BCUT2D eigenvalue weighted by molar-refractivity contribution is 6.30. The van der Waals surface area contributed by atoms with E-state index in [4.69, 9.17) is 17.3 Å². The van der Waals surface area contributed by atoms with E-state index in [1.807, 2.05) is 13.8 Å². The Morgan fingerprint density at radius 1 is 1.52 bits per heavy atom. The normalized spacial score (nSPS) is 12.2. The van der Waals surface area contributed by atoms with E-state index in [1.165, 1.54) is 4.68 Å². The van der Waals surface area contributed by atoms with Crippen molar-refractivity contribution in [2.24, 2.45) is 5.73 Å². The summed E-state index contributed by atoms with van der Waals surface area (Å²) in [7, 11) is 0. The van der Waals surface area contributed by atoms with E-state index in [0.29, 0.717) is 10.7 Å². The van der Waals surface area contributed by atoms with Crippen molar-refractivity contribution >= 4 is 23.2 Å². The van der Waals surface area contributed by atoms with Gasteiger partial charge in [0.1, 0.15) is 6.54 Å². The molecule has 1 aromatic heterocycles. The van der Waals surface area contributed by atoms with Crippen molar-refractivity contribution in [2.75, 3.05) is 5.32 Å². The van der Waals surface area contributed by atoms with E-state index in [0.717, 1.165) is 17.7 Å². The zero-order valence-electron chi connectivity index (χ0n) is 12.0. The quantitative estimate of drug-likeness (QED) is 0.887. The van der Waals surface area contributed by atoms with Crippen LogP contribution in [0, 0.1) is 6.92 Å². The Balaban J connectivity index is 2.00. The van der Waals surface area contributed by atoms with Gasteiger partial charge >= 0.3 is 0 Å². The summed E-state index contributed by atoms with van der Waals surface area (Å²) in [6, 6.07) is 5.15. The van der Waals surface area contributed by atoms with Crippen LogP contribution in [0.15, 0.2) is 24.4 Å². The van der Waals surface area contributed by atoms with Crippen LogP contribution in [0.4, 0.5) is 5.69 Å². The Bertz CT molecular complexity index is 640. The molecule has 1 aromatic carbocycles. The number of anilines is 1. The SMILES string of the molecule is CCC(N)c1cn(CC(=O)Nc2ccc(Cl)cc2C)nn1. The summed E-state index contributed by atoms with van der Waals surface area (Å²) in [5, 5.41) is 11.3. The second kappa shape index (κ2) is 6.69. The number of nitrogens with zero attached hydrogens (tertiary/aromatic N) is 3. The first-order valence-electron chi connectivity index (χ1n) is 6.71. The predicted octanol–water partition coefficient (Wildman–Crippen LogP) is 2.29. The number of halogens is 1. The lowest BCUT2D eigenvalue weighted by Crippen LogP contribution is -2.19. The van der Waals surface area contributed by atoms with E-state index >= 15 is 0 Å². The van der Waals surface area contributed by atoms with E-state index in [1.54, 1.807) is 24.4 Å². The lowest BCUT2D eigenvalue weighted by atomic mass is 10.2. The van der Waals surface area contributed by atoms with Crippen LogP contribution >= 0.6 is 11.6 Å². The largest absolute Gasteiger partial charge is 0.324 e. The third-order valence-electron chi connectivity index (χ3n) is 3.14. The number of amides is 1. The first-order chi connectivity index (χ1) is 9.99. The number of benzene rings is 1. The fraction of sp³-hybridized carbons (Fsp3) is 0.357. The lowest BCUT2D eigenvalue weighted by Gasteiger charge is -2.08. The highest BCUT2D eigenvalue weighted by Crippen LogP contribution is 2.19. The fourth-order valence-electron chi connectivity index (χ4n) is 1.87. The van der Waals surface area contributed by atoms with Gasteiger partial charge in [-0.3, -0.25) is 4.79 Å². The number of carbonyl (C=O) groups is 1.